The molecule has 1 aromatic carbocycles. The topological polar surface area (TPSA) is 49.7 Å². The van der Waals surface area contributed by atoms with Crippen molar-refractivity contribution in [2.45, 2.75) is 12.2 Å². The third-order valence-electron chi connectivity index (χ3n) is 2.04. The maximum Gasteiger partial charge on any atom is 0.133 e. The molecule has 0 heterocycles. The number of ether oxygens (including phenoxy) is 1. The lowest BCUT2D eigenvalue weighted by molar-refractivity contribution is 0.0341. The number of hydrogen-bond donors (Lipinski definition) is 2. The van der Waals surface area contributed by atoms with E-state index in [0.29, 0.717) is 16.6 Å². The quantitative estimate of drug-likeness (QED) is 0.827. The zero-order valence-corrected chi connectivity index (χ0v) is 11.3. The van der Waals surface area contributed by atoms with Crippen LogP contribution in [-0.2, 0) is 0 Å². The van der Waals surface area contributed by atoms with E-state index in [1.807, 2.05) is 0 Å². The molecule has 2 N–H and O–H groups in total. The highest BCUT2D eigenvalue weighted by Crippen LogP contribution is 2.29. The normalized spacial score (nSPS) is 14.7. The summed E-state index contributed by atoms with van der Waals surface area (Å²) in [6.07, 6.45) is -1.73. The molecule has 84 valence electrons. The van der Waals surface area contributed by atoms with Crippen LogP contribution in [-0.4, -0.2) is 28.8 Å². The van der Waals surface area contributed by atoms with E-state index in [9.17, 15) is 10.2 Å². The van der Waals surface area contributed by atoms with Gasteiger partial charge in [-0.25, -0.2) is 0 Å². The van der Waals surface area contributed by atoms with Crippen molar-refractivity contribution >= 4 is 31.9 Å². The number of halogens is 2. The molecule has 0 aliphatic rings. The van der Waals surface area contributed by atoms with Crippen LogP contribution in [0.3, 0.4) is 0 Å². The number of alkyl halides is 1. The summed E-state index contributed by atoms with van der Waals surface area (Å²) in [5, 5.41) is 19.5. The minimum Gasteiger partial charge on any atom is -0.496 e. The third kappa shape index (κ3) is 3.17. The third-order valence-corrected chi connectivity index (χ3v) is 3.36. The van der Waals surface area contributed by atoms with Gasteiger partial charge in [0.25, 0.3) is 0 Å². The Balaban J connectivity index is 2.95. The van der Waals surface area contributed by atoms with Gasteiger partial charge in [0.05, 0.1) is 17.7 Å². The second kappa shape index (κ2) is 5.84. The second-order valence-electron chi connectivity index (χ2n) is 3.06. The summed E-state index contributed by atoms with van der Waals surface area (Å²) < 4.78 is 5.91. The summed E-state index contributed by atoms with van der Waals surface area (Å²) in [6.45, 7) is 0. The molecule has 3 nitrogen and oxygen atoms in total. The van der Waals surface area contributed by atoms with E-state index in [0.717, 1.165) is 4.47 Å². The molecule has 0 aliphatic carbocycles. The van der Waals surface area contributed by atoms with Crippen molar-refractivity contribution in [2.24, 2.45) is 0 Å². The van der Waals surface area contributed by atoms with Crippen LogP contribution in [0.5, 0.6) is 5.75 Å². The van der Waals surface area contributed by atoms with Crippen LogP contribution in [0.25, 0.3) is 0 Å². The molecule has 15 heavy (non-hydrogen) atoms. The monoisotopic (exact) mass is 338 g/mol. The van der Waals surface area contributed by atoms with Gasteiger partial charge in [0.1, 0.15) is 11.9 Å². The van der Waals surface area contributed by atoms with Crippen molar-refractivity contribution in [3.05, 3.63) is 28.2 Å². The van der Waals surface area contributed by atoms with E-state index in [-0.39, 0.29) is 0 Å². The first-order valence-electron chi connectivity index (χ1n) is 4.35. The molecule has 0 saturated carbocycles. The summed E-state index contributed by atoms with van der Waals surface area (Å²) in [5.74, 6) is 0.633. The molecule has 1 aromatic rings. The largest absolute Gasteiger partial charge is 0.496 e. The predicted molar refractivity (Wildman–Crippen MR) is 65.5 cm³/mol. The molecular weight excluding hydrogens is 328 g/mol. The Hall–Kier alpha value is -0.100. The molecule has 0 bridgehead atoms. The van der Waals surface area contributed by atoms with Gasteiger partial charge in [-0.2, -0.15) is 0 Å². The smallest absolute Gasteiger partial charge is 0.133 e. The van der Waals surface area contributed by atoms with E-state index < -0.39 is 12.2 Å². The maximum atomic E-state index is 9.75. The van der Waals surface area contributed by atoms with Crippen molar-refractivity contribution in [1.82, 2.24) is 0 Å². The highest BCUT2D eigenvalue weighted by molar-refractivity contribution is 9.10. The molecule has 0 fully saturated rings. The molecule has 0 aromatic heterocycles. The molecule has 0 radical (unpaired) electrons. The Bertz CT molecular complexity index is 330. The van der Waals surface area contributed by atoms with Gasteiger partial charge in [-0.15, -0.1) is 0 Å². The number of aliphatic hydroxyl groups is 2. The van der Waals surface area contributed by atoms with Crippen LogP contribution in [0, 0.1) is 0 Å². The van der Waals surface area contributed by atoms with Gasteiger partial charge in [0.2, 0.25) is 0 Å². The van der Waals surface area contributed by atoms with Gasteiger partial charge < -0.3 is 14.9 Å². The highest BCUT2D eigenvalue weighted by Gasteiger charge is 2.18. The molecule has 0 amide bonds. The van der Waals surface area contributed by atoms with E-state index in [4.69, 9.17) is 4.74 Å². The predicted octanol–water partition coefficient (Wildman–Crippen LogP) is 2.25. The lowest BCUT2D eigenvalue weighted by Crippen LogP contribution is -2.19. The first kappa shape index (κ1) is 13.0. The van der Waals surface area contributed by atoms with Crippen LogP contribution < -0.4 is 4.74 Å². The Morgan fingerprint density at radius 1 is 1.40 bits per heavy atom. The van der Waals surface area contributed by atoms with Crippen LogP contribution in [0.1, 0.15) is 11.7 Å². The Morgan fingerprint density at radius 2 is 2.07 bits per heavy atom. The van der Waals surface area contributed by atoms with Gasteiger partial charge in [-0.05, 0) is 33.6 Å². The molecule has 0 spiro atoms. The zero-order valence-electron chi connectivity index (χ0n) is 8.15. The first-order chi connectivity index (χ1) is 7.10. The van der Waals surface area contributed by atoms with Crippen LogP contribution in [0.2, 0.25) is 0 Å². The summed E-state index contributed by atoms with van der Waals surface area (Å²) >= 11 is 6.43. The fourth-order valence-corrected chi connectivity index (χ4v) is 1.93. The zero-order chi connectivity index (χ0) is 11.4. The molecule has 2 unspecified atom stereocenters. The Labute approximate surface area is 105 Å². The van der Waals surface area contributed by atoms with Crippen molar-refractivity contribution in [3.63, 3.8) is 0 Å². The molecule has 0 aliphatic heterocycles. The summed E-state index contributed by atoms with van der Waals surface area (Å²) in [4.78, 5) is 0. The van der Waals surface area contributed by atoms with Gasteiger partial charge in [-0.3, -0.25) is 0 Å². The summed E-state index contributed by atoms with van der Waals surface area (Å²) in [6, 6.07) is 5.21. The molecule has 5 heteroatoms. The van der Waals surface area contributed by atoms with E-state index in [1.54, 1.807) is 25.3 Å². The number of hydrogen-bond acceptors (Lipinski definition) is 3. The van der Waals surface area contributed by atoms with Crippen molar-refractivity contribution < 1.29 is 14.9 Å². The van der Waals surface area contributed by atoms with Crippen molar-refractivity contribution in [2.75, 3.05) is 12.4 Å². The Kier molecular flexibility index (Phi) is 5.05. The van der Waals surface area contributed by atoms with Gasteiger partial charge >= 0.3 is 0 Å². The molecule has 1 rings (SSSR count). The summed E-state index contributed by atoms with van der Waals surface area (Å²) in [5.41, 5.74) is 0.627. The van der Waals surface area contributed by atoms with Crippen LogP contribution in [0.4, 0.5) is 0 Å². The second-order valence-corrected chi connectivity index (χ2v) is 4.56. The van der Waals surface area contributed by atoms with Crippen molar-refractivity contribution in [1.29, 1.82) is 0 Å². The maximum absolute atomic E-state index is 9.75. The number of benzene rings is 1. The van der Waals surface area contributed by atoms with E-state index >= 15 is 0 Å². The lowest BCUT2D eigenvalue weighted by atomic mass is 10.1. The number of aliphatic hydroxyl groups excluding tert-OH is 2. The molecule has 0 saturated heterocycles. The van der Waals surface area contributed by atoms with Crippen LogP contribution in [0.15, 0.2) is 22.7 Å². The standard InChI is InChI=1S/C10H12Br2O3/c1-15-9-4-6(2-3-7(9)12)10(14)8(13)5-11/h2-4,8,10,13-14H,5H2,1H3. The van der Waals surface area contributed by atoms with Gasteiger partial charge in [0, 0.05) is 5.33 Å². The fourth-order valence-electron chi connectivity index (χ4n) is 1.17. The van der Waals surface area contributed by atoms with Crippen LogP contribution >= 0.6 is 31.9 Å². The van der Waals surface area contributed by atoms with Gasteiger partial charge in [-0.1, -0.05) is 22.0 Å². The van der Waals surface area contributed by atoms with E-state index in [2.05, 4.69) is 31.9 Å². The SMILES string of the molecule is COc1cc(C(O)C(O)CBr)ccc1Br. The first-order valence-corrected chi connectivity index (χ1v) is 6.27. The van der Waals surface area contributed by atoms with E-state index in [1.165, 1.54) is 0 Å². The van der Waals surface area contributed by atoms with Gasteiger partial charge in [0.15, 0.2) is 0 Å². The molecule has 2 atom stereocenters. The summed E-state index contributed by atoms with van der Waals surface area (Å²) in [7, 11) is 1.55. The number of methoxy groups -OCH3 is 1. The molecular formula is C10H12Br2O3. The minimum atomic E-state index is -0.911. The van der Waals surface area contributed by atoms with Crippen molar-refractivity contribution in [3.8, 4) is 5.75 Å². The minimum absolute atomic E-state index is 0.326. The fraction of sp³-hybridized carbons (Fsp3) is 0.400. The average molecular weight is 340 g/mol. The average Bonchev–Trinajstić information content (AvgIpc) is 2.27. The highest BCUT2D eigenvalue weighted by atomic mass is 79.9. The Morgan fingerprint density at radius 3 is 2.60 bits per heavy atom. The number of rotatable bonds is 4. The lowest BCUT2D eigenvalue weighted by Gasteiger charge is -2.16.